The highest BCUT2D eigenvalue weighted by atomic mass is 16.4. The maximum atomic E-state index is 11.1. The highest BCUT2D eigenvalue weighted by molar-refractivity contribution is 5.86. The van der Waals surface area contributed by atoms with Crippen molar-refractivity contribution in [2.45, 2.75) is 51.5 Å². The first-order valence-electron chi connectivity index (χ1n) is 5.87. The molecular weight excluding hydrogens is 206 g/mol. The molecule has 0 aliphatic heterocycles. The first-order valence-corrected chi connectivity index (χ1v) is 5.87. The molecule has 0 radical (unpaired) electrons. The van der Waals surface area contributed by atoms with Crippen LogP contribution in [-0.2, 0) is 0 Å². The average Bonchev–Trinajstić information content (AvgIpc) is 3.01. The van der Waals surface area contributed by atoms with Crippen LogP contribution in [0, 0.1) is 0 Å². The number of carboxylic acids is 1. The lowest BCUT2D eigenvalue weighted by molar-refractivity contribution is 0.0689. The minimum Gasteiger partial charge on any atom is -0.476 e. The van der Waals surface area contributed by atoms with E-state index in [1.54, 1.807) is 0 Å². The SMILES string of the molecule is CCC(CC)n1nnc(C(=O)O)c1C1CC1. The molecule has 88 valence electrons. The summed E-state index contributed by atoms with van der Waals surface area (Å²) in [6, 6.07) is 0.274. The topological polar surface area (TPSA) is 68.0 Å². The summed E-state index contributed by atoms with van der Waals surface area (Å²) < 4.78 is 1.83. The van der Waals surface area contributed by atoms with Gasteiger partial charge in [-0.1, -0.05) is 19.1 Å². The number of hydrogen-bond donors (Lipinski definition) is 1. The lowest BCUT2D eigenvalue weighted by Crippen LogP contribution is -2.13. The molecule has 1 fully saturated rings. The van der Waals surface area contributed by atoms with Gasteiger partial charge in [-0.3, -0.25) is 0 Å². The summed E-state index contributed by atoms with van der Waals surface area (Å²) in [5.41, 5.74) is 0.982. The van der Waals surface area contributed by atoms with Crippen molar-refractivity contribution in [1.29, 1.82) is 0 Å². The van der Waals surface area contributed by atoms with E-state index in [4.69, 9.17) is 5.11 Å². The lowest BCUT2D eigenvalue weighted by atomic mass is 10.1. The van der Waals surface area contributed by atoms with E-state index in [9.17, 15) is 4.79 Å². The third kappa shape index (κ3) is 1.81. The molecule has 1 aromatic heterocycles. The van der Waals surface area contributed by atoms with Gasteiger partial charge >= 0.3 is 5.97 Å². The molecule has 5 nitrogen and oxygen atoms in total. The second-order valence-electron chi connectivity index (χ2n) is 4.32. The van der Waals surface area contributed by atoms with Gasteiger partial charge in [0.15, 0.2) is 5.69 Å². The largest absolute Gasteiger partial charge is 0.476 e. The van der Waals surface area contributed by atoms with Gasteiger partial charge in [0.25, 0.3) is 0 Å². The van der Waals surface area contributed by atoms with Crippen molar-refractivity contribution < 1.29 is 9.90 Å². The van der Waals surface area contributed by atoms with Gasteiger partial charge in [0.2, 0.25) is 0 Å². The van der Waals surface area contributed by atoms with Crippen LogP contribution in [-0.4, -0.2) is 26.1 Å². The highest BCUT2D eigenvalue weighted by Gasteiger charge is 2.34. The van der Waals surface area contributed by atoms with Gasteiger partial charge in [0, 0.05) is 5.92 Å². The summed E-state index contributed by atoms with van der Waals surface area (Å²) in [5.74, 6) is -0.596. The van der Waals surface area contributed by atoms with Crippen molar-refractivity contribution in [3.8, 4) is 0 Å². The number of nitrogens with zero attached hydrogens (tertiary/aromatic N) is 3. The second-order valence-corrected chi connectivity index (χ2v) is 4.32. The van der Waals surface area contributed by atoms with Crippen molar-refractivity contribution in [3.05, 3.63) is 11.4 Å². The highest BCUT2D eigenvalue weighted by Crippen LogP contribution is 2.42. The maximum absolute atomic E-state index is 11.1. The van der Waals surface area contributed by atoms with E-state index in [1.165, 1.54) is 0 Å². The van der Waals surface area contributed by atoms with Gasteiger partial charge in [0.05, 0.1) is 11.7 Å². The fraction of sp³-hybridized carbons (Fsp3) is 0.727. The number of aromatic nitrogens is 3. The van der Waals surface area contributed by atoms with Crippen LogP contribution in [0.3, 0.4) is 0 Å². The molecule has 1 aromatic rings. The predicted molar refractivity (Wildman–Crippen MR) is 58.6 cm³/mol. The zero-order valence-electron chi connectivity index (χ0n) is 9.68. The Morgan fingerprint density at radius 3 is 2.56 bits per heavy atom. The Bertz CT molecular complexity index is 392. The summed E-state index contributed by atoms with van der Waals surface area (Å²) in [4.78, 5) is 11.1. The molecular formula is C11H17N3O2. The molecule has 0 saturated heterocycles. The van der Waals surface area contributed by atoms with Gasteiger partial charge in [-0.2, -0.15) is 0 Å². The molecule has 1 aliphatic rings. The van der Waals surface area contributed by atoms with E-state index >= 15 is 0 Å². The third-order valence-corrected chi connectivity index (χ3v) is 3.19. The Morgan fingerprint density at radius 1 is 1.50 bits per heavy atom. The van der Waals surface area contributed by atoms with Gasteiger partial charge in [-0.05, 0) is 25.7 Å². The average molecular weight is 223 g/mol. The first-order chi connectivity index (χ1) is 7.69. The number of carboxylic acid groups (broad SMARTS) is 1. The number of rotatable bonds is 5. The summed E-state index contributed by atoms with van der Waals surface area (Å²) in [6.07, 6.45) is 4.04. The van der Waals surface area contributed by atoms with E-state index in [0.717, 1.165) is 31.4 Å². The predicted octanol–water partition coefficient (Wildman–Crippen LogP) is 2.21. The summed E-state index contributed by atoms with van der Waals surface area (Å²) in [5, 5.41) is 16.9. The molecule has 5 heteroatoms. The smallest absolute Gasteiger partial charge is 0.358 e. The lowest BCUT2D eigenvalue weighted by Gasteiger charge is -2.15. The molecule has 16 heavy (non-hydrogen) atoms. The molecule has 0 aromatic carbocycles. The van der Waals surface area contributed by atoms with Crippen LogP contribution in [0.2, 0.25) is 0 Å². The van der Waals surface area contributed by atoms with Crippen LogP contribution in [0.5, 0.6) is 0 Å². The first kappa shape index (κ1) is 11.1. The van der Waals surface area contributed by atoms with Crippen LogP contribution >= 0.6 is 0 Å². The van der Waals surface area contributed by atoms with E-state index in [1.807, 2.05) is 4.68 Å². The quantitative estimate of drug-likeness (QED) is 0.831. The third-order valence-electron chi connectivity index (χ3n) is 3.19. The van der Waals surface area contributed by atoms with E-state index in [2.05, 4.69) is 24.2 Å². The van der Waals surface area contributed by atoms with Gasteiger partial charge in [-0.25, -0.2) is 9.48 Å². The summed E-state index contributed by atoms with van der Waals surface area (Å²) in [6.45, 7) is 4.18. The van der Waals surface area contributed by atoms with Crippen LogP contribution in [0.4, 0.5) is 0 Å². The fourth-order valence-electron chi connectivity index (χ4n) is 2.09. The number of carbonyl (C=O) groups is 1. The van der Waals surface area contributed by atoms with E-state index in [-0.39, 0.29) is 11.7 Å². The number of aromatic carboxylic acids is 1. The second kappa shape index (κ2) is 4.23. The standard InChI is InChI=1S/C11H17N3O2/c1-3-8(4-2)14-10(7-5-6-7)9(11(15)16)12-13-14/h7-8H,3-6H2,1-2H3,(H,15,16). The minimum absolute atomic E-state index is 0.148. The molecule has 0 unspecified atom stereocenters. The van der Waals surface area contributed by atoms with Crippen molar-refractivity contribution in [2.75, 3.05) is 0 Å². The molecule has 0 atom stereocenters. The van der Waals surface area contributed by atoms with E-state index < -0.39 is 5.97 Å². The van der Waals surface area contributed by atoms with Crippen molar-refractivity contribution in [2.24, 2.45) is 0 Å². The molecule has 1 saturated carbocycles. The molecule has 0 bridgehead atoms. The van der Waals surface area contributed by atoms with E-state index in [0.29, 0.717) is 5.92 Å². The van der Waals surface area contributed by atoms with Crippen molar-refractivity contribution in [1.82, 2.24) is 15.0 Å². The summed E-state index contributed by atoms with van der Waals surface area (Å²) in [7, 11) is 0. The van der Waals surface area contributed by atoms with Gasteiger partial charge < -0.3 is 5.11 Å². The van der Waals surface area contributed by atoms with Crippen molar-refractivity contribution in [3.63, 3.8) is 0 Å². The van der Waals surface area contributed by atoms with Crippen LogP contribution in [0.25, 0.3) is 0 Å². The van der Waals surface area contributed by atoms with Crippen molar-refractivity contribution >= 4 is 5.97 Å². The van der Waals surface area contributed by atoms with Crippen LogP contribution < -0.4 is 0 Å². The zero-order chi connectivity index (χ0) is 11.7. The number of hydrogen-bond acceptors (Lipinski definition) is 3. The van der Waals surface area contributed by atoms with Gasteiger partial charge in [0.1, 0.15) is 0 Å². The zero-order valence-corrected chi connectivity index (χ0v) is 9.68. The van der Waals surface area contributed by atoms with Crippen LogP contribution in [0.15, 0.2) is 0 Å². The Hall–Kier alpha value is -1.39. The molecule has 0 amide bonds. The Balaban J connectivity index is 2.41. The Kier molecular flexibility index (Phi) is 2.94. The summed E-state index contributed by atoms with van der Waals surface area (Å²) >= 11 is 0. The Morgan fingerprint density at radius 2 is 2.12 bits per heavy atom. The minimum atomic E-state index is -0.959. The van der Waals surface area contributed by atoms with Gasteiger partial charge in [-0.15, -0.1) is 5.10 Å². The fourth-order valence-corrected chi connectivity index (χ4v) is 2.09. The Labute approximate surface area is 94.5 Å². The maximum Gasteiger partial charge on any atom is 0.358 e. The molecule has 1 N–H and O–H groups in total. The normalized spacial score (nSPS) is 15.7. The monoisotopic (exact) mass is 223 g/mol. The molecule has 1 aliphatic carbocycles. The molecule has 1 heterocycles. The molecule has 0 spiro atoms. The van der Waals surface area contributed by atoms with Crippen LogP contribution in [0.1, 0.15) is 67.7 Å². The molecule has 2 rings (SSSR count).